The van der Waals surface area contributed by atoms with Crippen molar-refractivity contribution in [3.8, 4) is 11.3 Å². The van der Waals surface area contributed by atoms with E-state index in [1.807, 2.05) is 0 Å². The predicted octanol–water partition coefficient (Wildman–Crippen LogP) is 2.46. The molecule has 9 heteroatoms. The van der Waals surface area contributed by atoms with E-state index < -0.39 is 32.8 Å². The van der Waals surface area contributed by atoms with E-state index in [-0.39, 0.29) is 11.3 Å². The number of furan rings is 1. The van der Waals surface area contributed by atoms with Crippen molar-refractivity contribution in [1.29, 1.82) is 0 Å². The maximum Gasteiger partial charge on any atom is 0.336 e. The van der Waals surface area contributed by atoms with Gasteiger partial charge in [-0.05, 0) is 12.1 Å². The summed E-state index contributed by atoms with van der Waals surface area (Å²) in [6.45, 7) is 0. The number of nitro benzene ring substituents is 2. The van der Waals surface area contributed by atoms with Gasteiger partial charge in [0.15, 0.2) is 5.56 Å². The average molecular weight is 278 g/mol. The fourth-order valence-electron chi connectivity index (χ4n) is 1.70. The van der Waals surface area contributed by atoms with Gasteiger partial charge in [0.2, 0.25) is 0 Å². The number of rotatable bonds is 4. The Balaban J connectivity index is 2.85. The third kappa shape index (κ3) is 2.19. The number of hydrogen-bond donors (Lipinski definition) is 1. The SMILES string of the molecule is O=C(O)c1cc([N+](=O)[O-])c(-c2ccco2)c([N+](=O)[O-])c1. The van der Waals surface area contributed by atoms with Crippen LogP contribution in [0.3, 0.4) is 0 Å². The number of benzene rings is 1. The Kier molecular flexibility index (Phi) is 3.17. The maximum atomic E-state index is 11.0. The van der Waals surface area contributed by atoms with Crippen LogP contribution in [-0.2, 0) is 0 Å². The molecule has 0 aliphatic carbocycles. The van der Waals surface area contributed by atoms with E-state index in [0.717, 1.165) is 12.1 Å². The molecule has 2 aromatic rings. The van der Waals surface area contributed by atoms with E-state index in [2.05, 4.69) is 0 Å². The molecule has 0 spiro atoms. The van der Waals surface area contributed by atoms with E-state index in [9.17, 15) is 25.0 Å². The zero-order chi connectivity index (χ0) is 14.9. The van der Waals surface area contributed by atoms with Gasteiger partial charge in [0.25, 0.3) is 11.4 Å². The van der Waals surface area contributed by atoms with Gasteiger partial charge in [-0.2, -0.15) is 0 Å². The second kappa shape index (κ2) is 4.80. The highest BCUT2D eigenvalue weighted by Crippen LogP contribution is 2.39. The first-order valence-electron chi connectivity index (χ1n) is 5.16. The predicted molar refractivity (Wildman–Crippen MR) is 64.4 cm³/mol. The Morgan fingerprint density at radius 3 is 2.05 bits per heavy atom. The van der Waals surface area contributed by atoms with E-state index >= 15 is 0 Å². The van der Waals surface area contributed by atoms with Gasteiger partial charge < -0.3 is 9.52 Å². The molecule has 1 heterocycles. The summed E-state index contributed by atoms with van der Waals surface area (Å²) < 4.78 is 4.95. The quantitative estimate of drug-likeness (QED) is 0.669. The van der Waals surface area contributed by atoms with Gasteiger partial charge in [0, 0.05) is 12.1 Å². The molecule has 0 unspecified atom stereocenters. The van der Waals surface area contributed by atoms with Gasteiger partial charge in [-0.15, -0.1) is 0 Å². The molecular weight excluding hydrogens is 272 g/mol. The number of nitrogens with zero attached hydrogens (tertiary/aromatic N) is 2. The summed E-state index contributed by atoms with van der Waals surface area (Å²) in [6, 6.07) is 4.24. The van der Waals surface area contributed by atoms with Crippen molar-refractivity contribution in [2.75, 3.05) is 0 Å². The molecule has 0 saturated heterocycles. The molecule has 0 fully saturated rings. The standard InChI is InChI=1S/C11H6N2O7/c14-11(15)6-4-7(12(16)17)10(8(5-6)13(18)19)9-2-1-3-20-9/h1-5H,(H,14,15). The van der Waals surface area contributed by atoms with Crippen LogP contribution in [0.4, 0.5) is 11.4 Å². The van der Waals surface area contributed by atoms with E-state index in [0.29, 0.717) is 0 Å². The van der Waals surface area contributed by atoms with Crippen LogP contribution >= 0.6 is 0 Å². The summed E-state index contributed by atoms with van der Waals surface area (Å²) in [4.78, 5) is 31.1. The maximum absolute atomic E-state index is 11.0. The van der Waals surface area contributed by atoms with Crippen LogP contribution in [0, 0.1) is 20.2 Å². The summed E-state index contributed by atoms with van der Waals surface area (Å²) in [7, 11) is 0. The third-order valence-corrected chi connectivity index (χ3v) is 2.50. The number of carboxylic acids is 1. The Morgan fingerprint density at radius 2 is 1.70 bits per heavy atom. The van der Waals surface area contributed by atoms with Crippen LogP contribution in [0.25, 0.3) is 11.3 Å². The summed E-state index contributed by atoms with van der Waals surface area (Å²) in [5, 5.41) is 30.9. The number of carbonyl (C=O) groups is 1. The average Bonchev–Trinajstić information content (AvgIpc) is 2.90. The van der Waals surface area contributed by atoms with Crippen LogP contribution in [-0.4, -0.2) is 20.9 Å². The first-order valence-corrected chi connectivity index (χ1v) is 5.16. The number of hydrogen-bond acceptors (Lipinski definition) is 6. The largest absolute Gasteiger partial charge is 0.478 e. The van der Waals surface area contributed by atoms with Crippen molar-refractivity contribution in [3.63, 3.8) is 0 Å². The normalized spacial score (nSPS) is 10.2. The highest BCUT2D eigenvalue weighted by molar-refractivity contribution is 5.93. The molecule has 9 nitrogen and oxygen atoms in total. The molecule has 1 N–H and O–H groups in total. The summed E-state index contributed by atoms with van der Waals surface area (Å²) in [5.41, 5.74) is -2.31. The first kappa shape index (κ1) is 13.2. The molecule has 0 amide bonds. The molecule has 2 rings (SSSR count). The molecule has 0 saturated carbocycles. The Labute approximate surface area is 110 Å². The zero-order valence-electron chi connectivity index (χ0n) is 9.68. The van der Waals surface area contributed by atoms with Crippen molar-refractivity contribution in [2.45, 2.75) is 0 Å². The van der Waals surface area contributed by atoms with Gasteiger partial charge in [0.1, 0.15) is 5.76 Å². The van der Waals surface area contributed by atoms with E-state index in [1.165, 1.54) is 18.4 Å². The van der Waals surface area contributed by atoms with Crippen molar-refractivity contribution in [2.24, 2.45) is 0 Å². The van der Waals surface area contributed by atoms with Crippen molar-refractivity contribution >= 4 is 17.3 Å². The van der Waals surface area contributed by atoms with E-state index in [1.54, 1.807) is 0 Å². The number of aromatic carboxylic acids is 1. The minimum absolute atomic E-state index is 0.0830. The monoisotopic (exact) mass is 278 g/mol. The molecule has 0 atom stereocenters. The van der Waals surface area contributed by atoms with Crippen LogP contribution in [0.15, 0.2) is 34.9 Å². The number of nitro groups is 2. The van der Waals surface area contributed by atoms with Gasteiger partial charge in [-0.3, -0.25) is 20.2 Å². The van der Waals surface area contributed by atoms with E-state index in [4.69, 9.17) is 9.52 Å². The molecule has 1 aromatic carbocycles. The lowest BCUT2D eigenvalue weighted by molar-refractivity contribution is -0.392. The molecule has 1 aromatic heterocycles. The number of carboxylic acid groups (broad SMARTS) is 1. The van der Waals surface area contributed by atoms with Gasteiger partial charge in [-0.1, -0.05) is 0 Å². The minimum atomic E-state index is -1.50. The molecule has 20 heavy (non-hydrogen) atoms. The minimum Gasteiger partial charge on any atom is -0.478 e. The van der Waals surface area contributed by atoms with Crippen LogP contribution < -0.4 is 0 Å². The lowest BCUT2D eigenvalue weighted by Gasteiger charge is -2.03. The second-order valence-electron chi connectivity index (χ2n) is 3.69. The topological polar surface area (TPSA) is 137 Å². The highest BCUT2D eigenvalue weighted by Gasteiger charge is 2.31. The Hall–Kier alpha value is -3.23. The van der Waals surface area contributed by atoms with Crippen LogP contribution in [0.1, 0.15) is 10.4 Å². The van der Waals surface area contributed by atoms with Gasteiger partial charge >= 0.3 is 5.97 Å². The van der Waals surface area contributed by atoms with Crippen LogP contribution in [0.5, 0.6) is 0 Å². The smallest absolute Gasteiger partial charge is 0.336 e. The zero-order valence-corrected chi connectivity index (χ0v) is 9.68. The fourth-order valence-corrected chi connectivity index (χ4v) is 1.70. The van der Waals surface area contributed by atoms with Crippen molar-refractivity contribution in [1.82, 2.24) is 0 Å². The molecule has 0 bridgehead atoms. The molecule has 0 radical (unpaired) electrons. The fraction of sp³-hybridized carbons (Fsp3) is 0. The van der Waals surface area contributed by atoms with Gasteiger partial charge in [0.05, 0.1) is 21.7 Å². The van der Waals surface area contributed by atoms with Crippen LogP contribution in [0.2, 0.25) is 0 Å². The summed E-state index contributed by atoms with van der Waals surface area (Å²) in [6.07, 6.45) is 1.20. The molecule has 0 aliphatic rings. The summed E-state index contributed by atoms with van der Waals surface area (Å²) >= 11 is 0. The molecule has 0 aliphatic heterocycles. The molecular formula is C11H6N2O7. The van der Waals surface area contributed by atoms with Crippen molar-refractivity contribution < 1.29 is 24.2 Å². The van der Waals surface area contributed by atoms with Gasteiger partial charge in [-0.25, -0.2) is 4.79 Å². The highest BCUT2D eigenvalue weighted by atomic mass is 16.6. The lowest BCUT2D eigenvalue weighted by atomic mass is 10.0. The lowest BCUT2D eigenvalue weighted by Crippen LogP contribution is -2.03. The second-order valence-corrected chi connectivity index (χ2v) is 3.69. The molecule has 102 valence electrons. The summed E-state index contributed by atoms with van der Waals surface area (Å²) in [5.74, 6) is -1.58. The van der Waals surface area contributed by atoms with Crippen molar-refractivity contribution in [3.05, 3.63) is 56.3 Å². The first-order chi connectivity index (χ1) is 9.41. The Morgan fingerprint density at radius 1 is 1.15 bits per heavy atom. The third-order valence-electron chi connectivity index (χ3n) is 2.50. The Bertz CT molecular complexity index is 671.